The van der Waals surface area contributed by atoms with Gasteiger partial charge in [-0.2, -0.15) is 0 Å². The number of carbonyl (C=O) groups excluding carboxylic acids is 1. The lowest BCUT2D eigenvalue weighted by Crippen LogP contribution is -2.23. The van der Waals surface area contributed by atoms with Gasteiger partial charge in [0.2, 0.25) is 0 Å². The minimum absolute atomic E-state index is 0.0529. The highest BCUT2D eigenvalue weighted by molar-refractivity contribution is 6.42. The molecule has 16 heavy (non-hydrogen) atoms. The smallest absolute Gasteiger partial charge is 0.191 e. The Labute approximate surface area is 106 Å². The van der Waals surface area contributed by atoms with Gasteiger partial charge in [-0.25, -0.2) is 0 Å². The topological polar surface area (TPSA) is 26.3 Å². The molecule has 4 heteroatoms. The van der Waals surface area contributed by atoms with Crippen LogP contribution in [0.5, 0.6) is 0 Å². The number of hydrogen-bond donors (Lipinski definition) is 0. The fraction of sp³-hybridized carbons (Fsp3) is 0.417. The molecule has 0 heterocycles. The first-order valence-electron chi connectivity index (χ1n) is 5.21. The highest BCUT2D eigenvalue weighted by Gasteiger charge is 2.18. The predicted molar refractivity (Wildman–Crippen MR) is 66.5 cm³/mol. The van der Waals surface area contributed by atoms with Crippen molar-refractivity contribution in [2.24, 2.45) is 0 Å². The molecule has 0 saturated heterocycles. The van der Waals surface area contributed by atoms with E-state index in [-0.39, 0.29) is 5.78 Å². The summed E-state index contributed by atoms with van der Waals surface area (Å²) in [5.41, 5.74) is 0.537. The molecule has 1 aromatic carbocycles. The van der Waals surface area contributed by atoms with Crippen molar-refractivity contribution in [2.75, 3.05) is 6.61 Å². The van der Waals surface area contributed by atoms with E-state index < -0.39 is 6.10 Å². The van der Waals surface area contributed by atoms with E-state index in [4.69, 9.17) is 27.9 Å². The van der Waals surface area contributed by atoms with Gasteiger partial charge in [0.05, 0.1) is 10.0 Å². The van der Waals surface area contributed by atoms with Crippen molar-refractivity contribution in [1.29, 1.82) is 0 Å². The summed E-state index contributed by atoms with van der Waals surface area (Å²) in [7, 11) is 0. The van der Waals surface area contributed by atoms with E-state index in [1.807, 2.05) is 13.8 Å². The maximum Gasteiger partial charge on any atom is 0.191 e. The second-order valence-corrected chi connectivity index (χ2v) is 4.16. The Morgan fingerprint density at radius 2 is 2.00 bits per heavy atom. The number of carbonyl (C=O) groups is 1. The second kappa shape index (κ2) is 6.24. The molecule has 0 aliphatic carbocycles. The molecule has 0 aromatic heterocycles. The highest BCUT2D eigenvalue weighted by atomic mass is 35.5. The van der Waals surface area contributed by atoms with Gasteiger partial charge >= 0.3 is 0 Å². The summed E-state index contributed by atoms with van der Waals surface area (Å²) in [6.45, 7) is 4.30. The van der Waals surface area contributed by atoms with Crippen molar-refractivity contribution < 1.29 is 9.53 Å². The van der Waals surface area contributed by atoms with Crippen LogP contribution in [0.4, 0.5) is 0 Å². The third-order valence-electron chi connectivity index (χ3n) is 2.24. The molecule has 0 aliphatic rings. The van der Waals surface area contributed by atoms with Gasteiger partial charge in [0.25, 0.3) is 0 Å². The van der Waals surface area contributed by atoms with Crippen LogP contribution in [0.15, 0.2) is 18.2 Å². The van der Waals surface area contributed by atoms with Crippen LogP contribution < -0.4 is 0 Å². The van der Waals surface area contributed by atoms with Gasteiger partial charge in [-0.3, -0.25) is 4.79 Å². The molecule has 0 spiro atoms. The van der Waals surface area contributed by atoms with Gasteiger partial charge in [-0.05, 0) is 31.5 Å². The van der Waals surface area contributed by atoms with Crippen LogP contribution in [-0.2, 0) is 4.74 Å². The first kappa shape index (κ1) is 13.5. The van der Waals surface area contributed by atoms with Gasteiger partial charge in [0.1, 0.15) is 6.10 Å². The number of ketones is 1. The first-order valence-corrected chi connectivity index (χ1v) is 5.96. The normalized spacial score (nSPS) is 12.5. The summed E-state index contributed by atoms with van der Waals surface area (Å²) < 4.78 is 5.35. The van der Waals surface area contributed by atoms with Gasteiger partial charge in [0.15, 0.2) is 5.78 Å². The van der Waals surface area contributed by atoms with Gasteiger partial charge in [-0.15, -0.1) is 0 Å². The standard InChI is InChI=1S/C12H14Cl2O2/c1-3-11(16-4-2)12(15)8-5-6-9(13)10(14)7-8/h5-7,11H,3-4H2,1-2H3. The van der Waals surface area contributed by atoms with Crippen LogP contribution in [0.1, 0.15) is 30.6 Å². The highest BCUT2D eigenvalue weighted by Crippen LogP contribution is 2.23. The Kier molecular flexibility index (Phi) is 5.26. The van der Waals surface area contributed by atoms with Crippen molar-refractivity contribution in [3.63, 3.8) is 0 Å². The molecule has 1 aromatic rings. The average Bonchev–Trinajstić information content (AvgIpc) is 2.28. The van der Waals surface area contributed by atoms with Crippen molar-refractivity contribution >= 4 is 29.0 Å². The van der Waals surface area contributed by atoms with E-state index in [9.17, 15) is 4.79 Å². The molecule has 0 bridgehead atoms. The molecule has 0 aliphatic heterocycles. The molecule has 0 fully saturated rings. The van der Waals surface area contributed by atoms with Crippen molar-refractivity contribution in [1.82, 2.24) is 0 Å². The summed E-state index contributed by atoms with van der Waals surface area (Å²) in [6.07, 6.45) is 0.245. The van der Waals surface area contributed by atoms with E-state index in [0.29, 0.717) is 28.6 Å². The molecule has 0 saturated carbocycles. The van der Waals surface area contributed by atoms with Crippen LogP contribution in [0.25, 0.3) is 0 Å². The summed E-state index contributed by atoms with van der Waals surface area (Å²) in [6, 6.07) is 4.86. The third kappa shape index (κ3) is 3.21. The summed E-state index contributed by atoms with van der Waals surface area (Å²) >= 11 is 11.6. The Morgan fingerprint density at radius 3 is 2.50 bits per heavy atom. The van der Waals surface area contributed by atoms with Gasteiger partial charge in [0, 0.05) is 12.2 Å². The van der Waals surface area contributed by atoms with Crippen molar-refractivity contribution in [3.05, 3.63) is 33.8 Å². The SMILES string of the molecule is CCOC(CC)C(=O)c1ccc(Cl)c(Cl)c1. The Morgan fingerprint density at radius 1 is 1.31 bits per heavy atom. The average molecular weight is 261 g/mol. The number of benzene rings is 1. The minimum Gasteiger partial charge on any atom is -0.370 e. The lowest BCUT2D eigenvalue weighted by Gasteiger charge is -2.13. The molecule has 1 atom stereocenters. The maximum atomic E-state index is 12.0. The third-order valence-corrected chi connectivity index (χ3v) is 2.97. The number of halogens is 2. The van der Waals surface area contributed by atoms with Crippen LogP contribution in [0.3, 0.4) is 0 Å². The Bertz CT molecular complexity index is 377. The zero-order chi connectivity index (χ0) is 12.1. The molecular weight excluding hydrogens is 247 g/mol. The van der Waals surface area contributed by atoms with E-state index in [1.165, 1.54) is 0 Å². The summed E-state index contributed by atoms with van der Waals surface area (Å²) in [4.78, 5) is 12.0. The fourth-order valence-corrected chi connectivity index (χ4v) is 1.71. The quantitative estimate of drug-likeness (QED) is 0.749. The Hall–Kier alpha value is -0.570. The zero-order valence-electron chi connectivity index (χ0n) is 9.30. The van der Waals surface area contributed by atoms with Crippen LogP contribution >= 0.6 is 23.2 Å². The molecular formula is C12H14Cl2O2. The Balaban J connectivity index is 2.90. The molecule has 0 amide bonds. The van der Waals surface area contributed by atoms with E-state index in [1.54, 1.807) is 18.2 Å². The maximum absolute atomic E-state index is 12.0. The molecule has 2 nitrogen and oxygen atoms in total. The number of rotatable bonds is 5. The molecule has 1 unspecified atom stereocenters. The lowest BCUT2D eigenvalue weighted by atomic mass is 10.0. The van der Waals surface area contributed by atoms with Gasteiger partial charge < -0.3 is 4.74 Å². The molecule has 0 radical (unpaired) electrons. The first-order chi connectivity index (χ1) is 7.60. The number of ether oxygens (including phenoxy) is 1. The van der Waals surface area contributed by atoms with Crippen LogP contribution in [0.2, 0.25) is 10.0 Å². The lowest BCUT2D eigenvalue weighted by molar-refractivity contribution is 0.0444. The van der Waals surface area contributed by atoms with E-state index in [0.717, 1.165) is 0 Å². The molecule has 0 N–H and O–H groups in total. The summed E-state index contributed by atoms with van der Waals surface area (Å²) in [5.74, 6) is -0.0529. The van der Waals surface area contributed by atoms with Crippen molar-refractivity contribution in [2.45, 2.75) is 26.4 Å². The number of Topliss-reactive ketones (excluding diaryl/α,β-unsaturated/α-hetero) is 1. The van der Waals surface area contributed by atoms with Crippen molar-refractivity contribution in [3.8, 4) is 0 Å². The monoisotopic (exact) mass is 260 g/mol. The number of hydrogen-bond acceptors (Lipinski definition) is 2. The predicted octanol–water partition coefficient (Wildman–Crippen LogP) is 3.99. The summed E-state index contributed by atoms with van der Waals surface area (Å²) in [5, 5.41) is 0.835. The van der Waals surface area contributed by atoms with E-state index in [2.05, 4.69) is 0 Å². The largest absolute Gasteiger partial charge is 0.370 e. The second-order valence-electron chi connectivity index (χ2n) is 3.35. The molecule has 1 rings (SSSR count). The van der Waals surface area contributed by atoms with Crippen LogP contribution in [-0.4, -0.2) is 18.5 Å². The zero-order valence-corrected chi connectivity index (χ0v) is 10.8. The van der Waals surface area contributed by atoms with Gasteiger partial charge in [-0.1, -0.05) is 30.1 Å². The fourth-order valence-electron chi connectivity index (χ4n) is 1.42. The van der Waals surface area contributed by atoms with Crippen LogP contribution in [0, 0.1) is 0 Å². The van der Waals surface area contributed by atoms with E-state index >= 15 is 0 Å². The minimum atomic E-state index is -0.401. The molecule has 88 valence electrons.